The maximum atomic E-state index is 12.2. The van der Waals surface area contributed by atoms with E-state index >= 15 is 0 Å². The van der Waals surface area contributed by atoms with Crippen molar-refractivity contribution in [3.8, 4) is 5.75 Å². The Hall–Kier alpha value is -2.94. The number of benzene rings is 3. The quantitative estimate of drug-likeness (QED) is 0.413. The van der Waals surface area contributed by atoms with Crippen LogP contribution in [0.3, 0.4) is 0 Å². The van der Waals surface area contributed by atoms with E-state index in [-0.39, 0.29) is 5.75 Å². The molecule has 0 atom stereocenters. The Morgan fingerprint density at radius 3 is 2.41 bits per heavy atom. The number of carbonyl (C=O) groups is 2. The number of hydrogen-bond acceptors (Lipinski definition) is 3. The third-order valence-electron chi connectivity index (χ3n) is 3.54. The van der Waals surface area contributed by atoms with E-state index in [4.69, 9.17) is 4.74 Å². The van der Waals surface area contributed by atoms with Crippen molar-refractivity contribution in [1.82, 2.24) is 0 Å². The Kier molecular flexibility index (Phi) is 3.71. The van der Waals surface area contributed by atoms with Crippen LogP contribution in [0.15, 0.2) is 60.7 Å². The molecule has 108 valence electrons. The summed E-state index contributed by atoms with van der Waals surface area (Å²) in [6.45, 7) is 1.95. The van der Waals surface area contributed by atoms with Gasteiger partial charge < -0.3 is 4.74 Å². The first-order chi connectivity index (χ1) is 10.7. The first-order valence-corrected chi connectivity index (χ1v) is 6.95. The number of esters is 1. The van der Waals surface area contributed by atoms with Crippen molar-refractivity contribution in [2.24, 2.45) is 0 Å². The third-order valence-corrected chi connectivity index (χ3v) is 3.54. The predicted molar refractivity (Wildman–Crippen MR) is 85.5 cm³/mol. The molecule has 0 aliphatic rings. The van der Waals surface area contributed by atoms with Crippen molar-refractivity contribution < 1.29 is 14.3 Å². The highest BCUT2D eigenvalue weighted by Crippen LogP contribution is 2.27. The van der Waals surface area contributed by atoms with Gasteiger partial charge in [-0.3, -0.25) is 4.79 Å². The summed E-state index contributed by atoms with van der Waals surface area (Å²) < 4.78 is 5.40. The van der Waals surface area contributed by atoms with Gasteiger partial charge in [0.05, 0.1) is 11.1 Å². The van der Waals surface area contributed by atoms with Crippen LogP contribution in [0.4, 0.5) is 0 Å². The Labute approximate surface area is 128 Å². The first-order valence-electron chi connectivity index (χ1n) is 6.95. The van der Waals surface area contributed by atoms with Gasteiger partial charge in [0.2, 0.25) is 0 Å². The zero-order valence-electron chi connectivity index (χ0n) is 12.1. The van der Waals surface area contributed by atoms with E-state index in [1.807, 2.05) is 49.4 Å². The highest BCUT2D eigenvalue weighted by atomic mass is 16.5. The zero-order valence-corrected chi connectivity index (χ0v) is 12.1. The molecule has 0 heterocycles. The van der Waals surface area contributed by atoms with Gasteiger partial charge in [0.1, 0.15) is 5.75 Å². The lowest BCUT2D eigenvalue weighted by atomic mass is 10.0. The molecule has 0 N–H and O–H groups in total. The van der Waals surface area contributed by atoms with Gasteiger partial charge in [0.15, 0.2) is 6.29 Å². The van der Waals surface area contributed by atoms with Crippen LogP contribution in [-0.2, 0) is 0 Å². The topological polar surface area (TPSA) is 43.4 Å². The van der Waals surface area contributed by atoms with Crippen molar-refractivity contribution >= 4 is 23.0 Å². The summed E-state index contributed by atoms with van der Waals surface area (Å²) in [5, 5.41) is 1.70. The normalized spacial score (nSPS) is 10.4. The predicted octanol–water partition coefficient (Wildman–Crippen LogP) is 4.18. The standard InChI is InChI=1S/C19H14O3/c1-13-6-8-15(9-7-13)19(21)22-18-11-10-14-4-2-3-5-16(14)17(18)12-20/h2-12H,1H3. The van der Waals surface area contributed by atoms with Crippen LogP contribution in [-0.4, -0.2) is 12.3 Å². The lowest BCUT2D eigenvalue weighted by Gasteiger charge is -2.09. The third kappa shape index (κ3) is 2.61. The van der Waals surface area contributed by atoms with Crippen LogP contribution in [0.25, 0.3) is 10.8 Å². The second kappa shape index (κ2) is 5.82. The summed E-state index contributed by atoms with van der Waals surface area (Å²) in [7, 11) is 0. The minimum atomic E-state index is -0.474. The molecule has 0 saturated heterocycles. The monoisotopic (exact) mass is 290 g/mol. The molecule has 0 aliphatic carbocycles. The number of ether oxygens (including phenoxy) is 1. The maximum Gasteiger partial charge on any atom is 0.343 e. The molecule has 3 aromatic carbocycles. The molecule has 0 unspecified atom stereocenters. The summed E-state index contributed by atoms with van der Waals surface area (Å²) in [4.78, 5) is 23.6. The van der Waals surface area contributed by atoms with Gasteiger partial charge in [-0.15, -0.1) is 0 Å². The minimum Gasteiger partial charge on any atom is -0.422 e. The highest BCUT2D eigenvalue weighted by Gasteiger charge is 2.13. The van der Waals surface area contributed by atoms with Gasteiger partial charge in [-0.1, -0.05) is 48.0 Å². The number of rotatable bonds is 3. The Morgan fingerprint density at radius 1 is 0.955 bits per heavy atom. The van der Waals surface area contributed by atoms with Crippen molar-refractivity contribution in [2.45, 2.75) is 6.92 Å². The molecular weight excluding hydrogens is 276 g/mol. The van der Waals surface area contributed by atoms with E-state index in [2.05, 4.69) is 0 Å². The van der Waals surface area contributed by atoms with E-state index < -0.39 is 5.97 Å². The van der Waals surface area contributed by atoms with Gasteiger partial charge in [0, 0.05) is 0 Å². The molecular formula is C19H14O3. The van der Waals surface area contributed by atoms with E-state index in [9.17, 15) is 9.59 Å². The van der Waals surface area contributed by atoms with Crippen LogP contribution >= 0.6 is 0 Å². The van der Waals surface area contributed by atoms with Gasteiger partial charge in [-0.2, -0.15) is 0 Å². The first kappa shape index (κ1) is 14.0. The second-order valence-corrected chi connectivity index (χ2v) is 5.07. The van der Waals surface area contributed by atoms with E-state index in [1.165, 1.54) is 0 Å². The molecule has 0 saturated carbocycles. The molecule has 0 radical (unpaired) electrons. The minimum absolute atomic E-state index is 0.277. The molecule has 3 heteroatoms. The number of aryl methyl sites for hydroxylation is 1. The summed E-state index contributed by atoms with van der Waals surface area (Å²) in [5.41, 5.74) is 1.91. The summed E-state index contributed by atoms with van der Waals surface area (Å²) in [6.07, 6.45) is 0.722. The fourth-order valence-corrected chi connectivity index (χ4v) is 2.33. The van der Waals surface area contributed by atoms with Gasteiger partial charge in [-0.05, 0) is 35.9 Å². The SMILES string of the molecule is Cc1ccc(C(=O)Oc2ccc3ccccc3c2C=O)cc1. The lowest BCUT2D eigenvalue weighted by Crippen LogP contribution is -2.09. The summed E-state index contributed by atoms with van der Waals surface area (Å²) >= 11 is 0. The smallest absolute Gasteiger partial charge is 0.343 e. The van der Waals surface area contributed by atoms with Crippen LogP contribution in [0.5, 0.6) is 5.75 Å². The van der Waals surface area contributed by atoms with Crippen molar-refractivity contribution in [2.75, 3.05) is 0 Å². The van der Waals surface area contributed by atoms with Crippen LogP contribution in [0, 0.1) is 6.92 Å². The molecule has 0 aromatic heterocycles. The Morgan fingerprint density at radius 2 is 1.68 bits per heavy atom. The summed E-state index contributed by atoms with van der Waals surface area (Å²) in [6, 6.07) is 18.1. The second-order valence-electron chi connectivity index (χ2n) is 5.07. The molecule has 3 rings (SSSR count). The highest BCUT2D eigenvalue weighted by molar-refractivity contribution is 6.02. The number of fused-ring (bicyclic) bond motifs is 1. The lowest BCUT2D eigenvalue weighted by molar-refractivity contribution is 0.0734. The van der Waals surface area contributed by atoms with E-state index in [1.54, 1.807) is 18.2 Å². The molecule has 3 nitrogen and oxygen atoms in total. The zero-order chi connectivity index (χ0) is 15.5. The molecule has 0 aliphatic heterocycles. The van der Waals surface area contributed by atoms with E-state index in [0.29, 0.717) is 11.1 Å². The van der Waals surface area contributed by atoms with Gasteiger partial charge in [0.25, 0.3) is 0 Å². The van der Waals surface area contributed by atoms with Crippen LogP contribution in [0.2, 0.25) is 0 Å². The molecule has 0 fully saturated rings. The maximum absolute atomic E-state index is 12.2. The van der Waals surface area contributed by atoms with Crippen molar-refractivity contribution in [3.05, 3.63) is 77.4 Å². The molecule has 0 amide bonds. The molecule has 0 bridgehead atoms. The average Bonchev–Trinajstić information content (AvgIpc) is 2.55. The largest absolute Gasteiger partial charge is 0.422 e. The number of hydrogen-bond donors (Lipinski definition) is 0. The molecule has 22 heavy (non-hydrogen) atoms. The van der Waals surface area contributed by atoms with Crippen molar-refractivity contribution in [1.29, 1.82) is 0 Å². The molecule has 0 spiro atoms. The van der Waals surface area contributed by atoms with Crippen LogP contribution in [0.1, 0.15) is 26.3 Å². The average molecular weight is 290 g/mol. The van der Waals surface area contributed by atoms with Crippen LogP contribution < -0.4 is 4.74 Å². The van der Waals surface area contributed by atoms with Gasteiger partial charge in [-0.25, -0.2) is 4.79 Å². The van der Waals surface area contributed by atoms with E-state index in [0.717, 1.165) is 22.6 Å². The Bertz CT molecular complexity index is 848. The van der Waals surface area contributed by atoms with Gasteiger partial charge >= 0.3 is 5.97 Å². The fourth-order valence-electron chi connectivity index (χ4n) is 2.33. The van der Waals surface area contributed by atoms with Crippen molar-refractivity contribution in [3.63, 3.8) is 0 Å². The summed E-state index contributed by atoms with van der Waals surface area (Å²) in [5.74, 6) is -0.197. The number of carbonyl (C=O) groups excluding carboxylic acids is 2. The Balaban J connectivity index is 1.98. The molecule has 3 aromatic rings. The number of aldehydes is 1. The fraction of sp³-hybridized carbons (Fsp3) is 0.0526.